The van der Waals surface area contributed by atoms with Crippen molar-refractivity contribution in [3.05, 3.63) is 168 Å². The van der Waals surface area contributed by atoms with Crippen LogP contribution in [0.5, 0.6) is 11.5 Å². The quantitative estimate of drug-likeness (QED) is 0.204. The number of hydrogen-bond acceptors (Lipinski definition) is 5. The van der Waals surface area contributed by atoms with E-state index >= 15 is 0 Å². The zero-order valence-corrected chi connectivity index (χ0v) is 25.6. The van der Waals surface area contributed by atoms with Crippen molar-refractivity contribution in [3.63, 3.8) is 0 Å². The van der Waals surface area contributed by atoms with Crippen LogP contribution >= 0.6 is 11.3 Å². The van der Waals surface area contributed by atoms with Crippen molar-refractivity contribution in [1.82, 2.24) is 4.57 Å². The molecule has 0 fully saturated rings. The minimum absolute atomic E-state index is 0.0536. The number of para-hydroxylation sites is 1. The monoisotopic (exact) mass is 606 g/mol. The Bertz CT molecular complexity index is 2310. The number of methoxy groups -OCH3 is 1. The Morgan fingerprint density at radius 3 is 2.62 bits per heavy atom. The highest BCUT2D eigenvalue weighted by Gasteiger charge is 2.34. The molecule has 5 aromatic carbocycles. The molecule has 0 spiro atoms. The molecule has 220 valence electrons. The lowest BCUT2D eigenvalue weighted by atomic mass is 9.83. The number of ether oxygens (including phenoxy) is 2. The lowest BCUT2D eigenvalue weighted by Gasteiger charge is -2.31. The van der Waals surface area contributed by atoms with Gasteiger partial charge < -0.3 is 9.47 Å². The van der Waals surface area contributed by atoms with Gasteiger partial charge in [-0.15, -0.1) is 0 Å². The Morgan fingerprint density at radius 2 is 1.69 bits per heavy atom. The minimum atomic E-state index is -0.293. The van der Waals surface area contributed by atoms with E-state index in [1.165, 1.54) is 27.7 Å². The van der Waals surface area contributed by atoms with Crippen molar-refractivity contribution >= 4 is 33.9 Å². The molecule has 5 nitrogen and oxygen atoms in total. The number of hydrogen-bond donors (Lipinski definition) is 0. The predicted octanol–water partition coefficient (Wildman–Crippen LogP) is 7.06. The molecule has 0 N–H and O–H groups in total. The molecule has 2 heterocycles. The smallest absolute Gasteiger partial charge is 0.271 e. The third-order valence-electron chi connectivity index (χ3n) is 8.74. The van der Waals surface area contributed by atoms with Gasteiger partial charge in [0.05, 0.1) is 23.4 Å². The highest BCUT2D eigenvalue weighted by atomic mass is 32.1. The summed E-state index contributed by atoms with van der Waals surface area (Å²) in [4.78, 5) is 20.1. The number of nitrogens with zero attached hydrogens (tertiary/aromatic N) is 2. The van der Waals surface area contributed by atoms with E-state index < -0.39 is 0 Å². The van der Waals surface area contributed by atoms with Gasteiger partial charge in [-0.2, -0.15) is 0 Å². The number of aryl methyl sites for hydroxylation is 1. The second kappa shape index (κ2) is 11.4. The molecule has 0 amide bonds. The van der Waals surface area contributed by atoms with Gasteiger partial charge in [-0.3, -0.25) is 9.36 Å². The van der Waals surface area contributed by atoms with E-state index in [-0.39, 0.29) is 11.6 Å². The van der Waals surface area contributed by atoms with Crippen molar-refractivity contribution in [2.45, 2.75) is 25.5 Å². The number of allylic oxidation sites excluding steroid dienone is 1. The number of benzene rings is 5. The van der Waals surface area contributed by atoms with Crippen molar-refractivity contribution in [1.29, 1.82) is 0 Å². The molecule has 1 aliphatic carbocycles. The van der Waals surface area contributed by atoms with Gasteiger partial charge in [0.15, 0.2) is 4.80 Å². The van der Waals surface area contributed by atoms with E-state index in [1.54, 1.807) is 7.11 Å². The van der Waals surface area contributed by atoms with Crippen LogP contribution in [0.25, 0.3) is 22.5 Å². The summed E-state index contributed by atoms with van der Waals surface area (Å²) >= 11 is 1.43. The van der Waals surface area contributed by atoms with Gasteiger partial charge in [0.1, 0.15) is 18.1 Å². The topological polar surface area (TPSA) is 52.8 Å². The number of aromatic nitrogens is 1. The Labute approximate surface area is 264 Å². The van der Waals surface area contributed by atoms with E-state index in [0.29, 0.717) is 15.9 Å². The Morgan fingerprint density at radius 1 is 0.889 bits per heavy atom. The number of rotatable bonds is 6. The summed E-state index contributed by atoms with van der Waals surface area (Å²) in [5.41, 5.74) is 7.52. The van der Waals surface area contributed by atoms with Crippen molar-refractivity contribution < 1.29 is 9.47 Å². The molecule has 6 aromatic rings. The maximum atomic E-state index is 14.2. The van der Waals surface area contributed by atoms with Crippen LogP contribution in [0.1, 0.15) is 40.3 Å². The first-order chi connectivity index (χ1) is 22.2. The molecule has 0 bridgehead atoms. The molecular formula is C39H30N2O3S. The summed E-state index contributed by atoms with van der Waals surface area (Å²) in [6.07, 6.45) is 3.69. The normalized spacial score (nSPS) is 15.7. The maximum Gasteiger partial charge on any atom is 0.271 e. The van der Waals surface area contributed by atoms with Crippen LogP contribution in [0, 0.1) is 0 Å². The minimum Gasteiger partial charge on any atom is -0.496 e. The van der Waals surface area contributed by atoms with Gasteiger partial charge in [0, 0.05) is 11.1 Å². The molecule has 0 saturated carbocycles. The van der Waals surface area contributed by atoms with Gasteiger partial charge in [0.25, 0.3) is 5.56 Å². The molecule has 8 rings (SSSR count). The summed E-state index contributed by atoms with van der Waals surface area (Å²) in [5, 5.41) is 2.38. The first kappa shape index (κ1) is 27.4. The van der Waals surface area contributed by atoms with E-state index in [9.17, 15) is 4.79 Å². The van der Waals surface area contributed by atoms with Crippen LogP contribution in [0.3, 0.4) is 0 Å². The van der Waals surface area contributed by atoms with Gasteiger partial charge in [0.2, 0.25) is 0 Å². The van der Waals surface area contributed by atoms with Crippen LogP contribution in [-0.4, -0.2) is 11.7 Å². The summed E-state index contributed by atoms with van der Waals surface area (Å²) in [6, 6.07) is 38.7. The lowest BCUT2D eigenvalue weighted by Crippen LogP contribution is -2.39. The lowest BCUT2D eigenvalue weighted by molar-refractivity contribution is 0.307. The second-order valence-corrected chi connectivity index (χ2v) is 12.4. The molecular weight excluding hydrogens is 577 g/mol. The van der Waals surface area contributed by atoms with Crippen molar-refractivity contribution in [2.75, 3.05) is 7.11 Å². The zero-order valence-electron chi connectivity index (χ0n) is 24.8. The molecule has 2 aliphatic rings. The molecule has 0 radical (unpaired) electrons. The van der Waals surface area contributed by atoms with Crippen LogP contribution in [-0.2, 0) is 13.0 Å². The van der Waals surface area contributed by atoms with Crippen LogP contribution in [0.4, 0.5) is 0 Å². The average Bonchev–Trinajstić information content (AvgIpc) is 3.40. The second-order valence-electron chi connectivity index (χ2n) is 11.4. The van der Waals surface area contributed by atoms with Crippen LogP contribution in [0.2, 0.25) is 0 Å². The van der Waals surface area contributed by atoms with Gasteiger partial charge in [-0.1, -0.05) is 108 Å². The van der Waals surface area contributed by atoms with E-state index in [1.807, 2.05) is 59.2 Å². The molecule has 0 saturated heterocycles. The number of fused-ring (bicyclic) bond motifs is 4. The fourth-order valence-corrected chi connectivity index (χ4v) is 7.62. The first-order valence-electron chi connectivity index (χ1n) is 15.1. The Balaban J connectivity index is 1.20. The molecule has 45 heavy (non-hydrogen) atoms. The Kier molecular flexibility index (Phi) is 6.92. The van der Waals surface area contributed by atoms with Crippen molar-refractivity contribution in [3.8, 4) is 11.5 Å². The highest BCUT2D eigenvalue weighted by molar-refractivity contribution is 7.07. The molecule has 6 heteroatoms. The molecule has 1 aliphatic heterocycles. The average molecular weight is 607 g/mol. The molecule has 0 unspecified atom stereocenters. The Hall–Kier alpha value is -5.20. The molecule has 1 atom stereocenters. The van der Waals surface area contributed by atoms with Crippen molar-refractivity contribution in [2.24, 2.45) is 4.99 Å². The van der Waals surface area contributed by atoms with Crippen LogP contribution < -0.4 is 24.4 Å². The summed E-state index contributed by atoms with van der Waals surface area (Å²) < 4.78 is 14.6. The fraction of sp³-hybridized carbons (Fsp3) is 0.128. The zero-order chi connectivity index (χ0) is 30.3. The number of thiazole rings is 1. The van der Waals surface area contributed by atoms with E-state index in [0.717, 1.165) is 57.9 Å². The first-order valence-corrected chi connectivity index (χ1v) is 15.9. The summed E-state index contributed by atoms with van der Waals surface area (Å²) in [5.74, 6) is 1.52. The standard InChI is InChI=1S/C39H30N2O3S/c1-43-34-19-7-6-18-32(34)37-33-21-20-27-12-3-5-17-31(27)36(33)40-39-41(37)38(42)35(45-39)23-25-10-8-15-29(22-25)44-24-28-14-9-13-26-11-2-4-16-30(26)28/h2-19,22-23,37H,20-21,24H2,1H3/b35-23-/t37-/m1/s1. The van der Waals surface area contributed by atoms with E-state index in [2.05, 4.69) is 66.7 Å². The third kappa shape index (κ3) is 4.88. The summed E-state index contributed by atoms with van der Waals surface area (Å²) in [6.45, 7) is 0.457. The molecule has 1 aromatic heterocycles. The van der Waals surface area contributed by atoms with E-state index in [4.69, 9.17) is 14.5 Å². The third-order valence-corrected chi connectivity index (χ3v) is 9.72. The van der Waals surface area contributed by atoms with Gasteiger partial charge in [-0.05, 0) is 70.2 Å². The predicted molar refractivity (Wildman–Crippen MR) is 180 cm³/mol. The SMILES string of the molecule is COc1ccccc1[C@@H]1C2=C(N=c3s/c(=C\c4cccc(OCc5cccc6ccccc56)c4)c(=O)n31)c1ccccc1CC2. The summed E-state index contributed by atoms with van der Waals surface area (Å²) in [7, 11) is 1.68. The maximum absolute atomic E-state index is 14.2. The van der Waals surface area contributed by atoms with Gasteiger partial charge in [-0.25, -0.2) is 4.99 Å². The van der Waals surface area contributed by atoms with Gasteiger partial charge >= 0.3 is 0 Å². The largest absolute Gasteiger partial charge is 0.496 e. The van der Waals surface area contributed by atoms with Crippen LogP contribution in [0.15, 0.2) is 131 Å². The highest BCUT2D eigenvalue weighted by Crippen LogP contribution is 2.43. The fourth-order valence-electron chi connectivity index (χ4n) is 6.62.